The second-order valence-corrected chi connectivity index (χ2v) is 8.63. The summed E-state index contributed by atoms with van der Waals surface area (Å²) in [6, 6.07) is 2.08. The van der Waals surface area contributed by atoms with E-state index in [1.165, 1.54) is 43.2 Å². The maximum Gasteiger partial charge on any atom is 0.313 e. The number of hydrogen-bond donors (Lipinski definition) is 1. The summed E-state index contributed by atoms with van der Waals surface area (Å²) in [4.78, 5) is 27.2. The van der Waals surface area contributed by atoms with Crippen LogP contribution in [0.15, 0.2) is 6.07 Å². The Morgan fingerprint density at radius 3 is 2.48 bits per heavy atom. The van der Waals surface area contributed by atoms with Crippen molar-refractivity contribution in [3.8, 4) is 0 Å². The molecule has 0 spiro atoms. The van der Waals surface area contributed by atoms with Crippen molar-refractivity contribution in [3.05, 3.63) is 21.4 Å². The number of carbonyl (C=O) groups is 2. The summed E-state index contributed by atoms with van der Waals surface area (Å²) in [5, 5.41) is 3.04. The summed E-state index contributed by atoms with van der Waals surface area (Å²) in [6.45, 7) is 0.390. The van der Waals surface area contributed by atoms with Crippen LogP contribution in [0.1, 0.15) is 77.9 Å². The number of rotatable bonds is 4. The summed E-state index contributed by atoms with van der Waals surface area (Å²) in [6.07, 6.45) is 12.0. The molecule has 3 rings (SSSR count). The molecule has 1 aromatic heterocycles. The minimum atomic E-state index is -0.533. The van der Waals surface area contributed by atoms with Crippen LogP contribution < -0.4 is 5.32 Å². The van der Waals surface area contributed by atoms with E-state index in [0.29, 0.717) is 6.54 Å². The number of fused-ring (bicyclic) bond motifs is 1. The number of carbonyl (C=O) groups excluding carboxylic acids is 2. The highest BCUT2D eigenvalue weighted by atomic mass is 32.1. The van der Waals surface area contributed by atoms with E-state index in [1.54, 1.807) is 11.3 Å². The van der Waals surface area contributed by atoms with Gasteiger partial charge in [0.2, 0.25) is 0 Å². The largest absolute Gasteiger partial charge is 0.469 e. The average Bonchev–Trinajstić information content (AvgIpc) is 3.02. The van der Waals surface area contributed by atoms with E-state index in [0.717, 1.165) is 49.8 Å². The molecule has 0 radical (unpaired) electrons. The molecule has 2 aliphatic rings. The van der Waals surface area contributed by atoms with Crippen LogP contribution in [0, 0.1) is 5.41 Å². The molecule has 2 aliphatic carbocycles. The Morgan fingerprint density at radius 2 is 1.76 bits per heavy atom. The molecule has 0 aliphatic heterocycles. The minimum absolute atomic E-state index is 0.0365. The van der Waals surface area contributed by atoms with E-state index in [4.69, 9.17) is 4.74 Å². The van der Waals surface area contributed by atoms with Gasteiger partial charge >= 0.3 is 5.97 Å². The van der Waals surface area contributed by atoms with Crippen molar-refractivity contribution in [2.24, 2.45) is 5.41 Å². The third kappa shape index (κ3) is 4.25. The topological polar surface area (TPSA) is 55.4 Å². The lowest BCUT2D eigenvalue weighted by molar-refractivity contribution is -0.154. The van der Waals surface area contributed by atoms with E-state index in [2.05, 4.69) is 11.4 Å². The summed E-state index contributed by atoms with van der Waals surface area (Å²) in [5.41, 5.74) is 0.823. The standard InChI is InChI=1S/C20H29NO3S/c1-24-19(23)20(11-7-4-8-12-20)14-21-18(22)17-13-15-9-5-2-3-6-10-16(15)25-17/h13H,2-12,14H2,1H3,(H,21,22). The molecule has 0 atom stereocenters. The fourth-order valence-electron chi connectivity index (χ4n) is 4.19. The van der Waals surface area contributed by atoms with Gasteiger partial charge in [0.05, 0.1) is 17.4 Å². The molecular formula is C20H29NO3S. The Kier molecular flexibility index (Phi) is 6.15. The molecule has 0 unspecified atom stereocenters. The molecule has 1 heterocycles. The van der Waals surface area contributed by atoms with Gasteiger partial charge in [-0.1, -0.05) is 32.1 Å². The molecule has 1 saturated carbocycles. The third-order valence-corrected chi connectivity index (χ3v) is 6.97. The lowest BCUT2D eigenvalue weighted by Gasteiger charge is -2.34. The summed E-state index contributed by atoms with van der Waals surface area (Å²) in [5.74, 6) is -0.212. The first-order valence-corrected chi connectivity index (χ1v) is 10.4. The first-order chi connectivity index (χ1) is 12.1. The molecule has 5 heteroatoms. The molecule has 1 aromatic rings. The van der Waals surface area contributed by atoms with Crippen molar-refractivity contribution in [2.75, 3.05) is 13.7 Å². The first-order valence-electron chi connectivity index (χ1n) is 9.63. The van der Waals surface area contributed by atoms with Crippen LogP contribution in [0.5, 0.6) is 0 Å². The van der Waals surface area contributed by atoms with Crippen LogP contribution in [-0.2, 0) is 22.4 Å². The van der Waals surface area contributed by atoms with Crippen LogP contribution in [0.3, 0.4) is 0 Å². The van der Waals surface area contributed by atoms with E-state index in [-0.39, 0.29) is 11.9 Å². The van der Waals surface area contributed by atoms with Crippen molar-refractivity contribution in [1.82, 2.24) is 5.32 Å². The highest BCUT2D eigenvalue weighted by Gasteiger charge is 2.41. The zero-order chi connectivity index (χ0) is 17.7. The maximum absolute atomic E-state index is 12.7. The van der Waals surface area contributed by atoms with Crippen LogP contribution in [-0.4, -0.2) is 25.5 Å². The summed E-state index contributed by atoms with van der Waals surface area (Å²) < 4.78 is 5.04. The number of nitrogens with one attached hydrogen (secondary N) is 1. The lowest BCUT2D eigenvalue weighted by atomic mass is 9.74. The predicted molar refractivity (Wildman–Crippen MR) is 100 cm³/mol. The number of esters is 1. The van der Waals surface area contributed by atoms with Crippen LogP contribution in [0.2, 0.25) is 0 Å². The van der Waals surface area contributed by atoms with Crippen molar-refractivity contribution in [2.45, 2.75) is 70.6 Å². The second kappa shape index (κ2) is 8.35. The number of amides is 1. The second-order valence-electron chi connectivity index (χ2n) is 7.49. The molecular weight excluding hydrogens is 334 g/mol. The minimum Gasteiger partial charge on any atom is -0.469 e. The number of thiophene rings is 1. The smallest absolute Gasteiger partial charge is 0.313 e. The predicted octanol–water partition coefficient (Wildman–Crippen LogP) is 4.26. The van der Waals surface area contributed by atoms with Gasteiger partial charge in [-0.25, -0.2) is 0 Å². The molecule has 1 fully saturated rings. The van der Waals surface area contributed by atoms with Gasteiger partial charge in [0.1, 0.15) is 0 Å². The van der Waals surface area contributed by atoms with Crippen LogP contribution in [0.4, 0.5) is 0 Å². The summed E-state index contributed by atoms with van der Waals surface area (Å²) >= 11 is 1.64. The van der Waals surface area contributed by atoms with Gasteiger partial charge in [0, 0.05) is 11.4 Å². The van der Waals surface area contributed by atoms with Gasteiger partial charge in [0.15, 0.2) is 0 Å². The Hall–Kier alpha value is -1.36. The van der Waals surface area contributed by atoms with E-state index in [1.807, 2.05) is 0 Å². The summed E-state index contributed by atoms with van der Waals surface area (Å²) in [7, 11) is 1.44. The van der Waals surface area contributed by atoms with Crippen molar-refractivity contribution in [1.29, 1.82) is 0 Å². The number of ether oxygens (including phenoxy) is 1. The van der Waals surface area contributed by atoms with E-state index in [9.17, 15) is 9.59 Å². The first kappa shape index (κ1) is 18.4. The van der Waals surface area contributed by atoms with Crippen LogP contribution >= 0.6 is 11.3 Å². The average molecular weight is 364 g/mol. The quantitative estimate of drug-likeness (QED) is 0.813. The Labute approximate surface area is 154 Å². The number of methoxy groups -OCH3 is 1. The highest BCUT2D eigenvalue weighted by molar-refractivity contribution is 7.14. The molecule has 1 amide bonds. The van der Waals surface area contributed by atoms with Crippen molar-refractivity contribution < 1.29 is 14.3 Å². The normalized spacial score (nSPS) is 20.0. The SMILES string of the molecule is COC(=O)C1(CNC(=O)c2cc3c(s2)CCCCCC3)CCCCC1. The molecule has 25 heavy (non-hydrogen) atoms. The maximum atomic E-state index is 12.7. The van der Waals surface area contributed by atoms with Gasteiger partial charge in [-0.2, -0.15) is 0 Å². The van der Waals surface area contributed by atoms with Crippen molar-refractivity contribution in [3.63, 3.8) is 0 Å². The van der Waals surface area contributed by atoms with Gasteiger partial charge in [-0.05, 0) is 50.2 Å². The monoisotopic (exact) mass is 363 g/mol. The fraction of sp³-hybridized carbons (Fsp3) is 0.700. The molecule has 0 saturated heterocycles. The van der Waals surface area contributed by atoms with E-state index >= 15 is 0 Å². The number of aryl methyl sites for hydroxylation is 2. The van der Waals surface area contributed by atoms with Gasteiger partial charge in [-0.3, -0.25) is 9.59 Å². The Morgan fingerprint density at radius 1 is 1.08 bits per heavy atom. The fourth-order valence-corrected chi connectivity index (χ4v) is 5.36. The van der Waals surface area contributed by atoms with Gasteiger partial charge in [-0.15, -0.1) is 11.3 Å². The molecule has 0 bridgehead atoms. The van der Waals surface area contributed by atoms with Crippen molar-refractivity contribution >= 4 is 23.2 Å². The number of hydrogen-bond acceptors (Lipinski definition) is 4. The molecule has 4 nitrogen and oxygen atoms in total. The zero-order valence-corrected chi connectivity index (χ0v) is 16.0. The highest BCUT2D eigenvalue weighted by Crippen LogP contribution is 2.37. The molecule has 0 aromatic carbocycles. The van der Waals surface area contributed by atoms with Crippen LogP contribution in [0.25, 0.3) is 0 Å². The molecule has 1 N–H and O–H groups in total. The van der Waals surface area contributed by atoms with Gasteiger partial charge < -0.3 is 10.1 Å². The van der Waals surface area contributed by atoms with E-state index < -0.39 is 5.41 Å². The third-order valence-electron chi connectivity index (χ3n) is 5.74. The lowest BCUT2D eigenvalue weighted by Crippen LogP contribution is -2.44. The Balaban J connectivity index is 1.67. The zero-order valence-electron chi connectivity index (χ0n) is 15.2. The molecule has 138 valence electrons. The van der Waals surface area contributed by atoms with Gasteiger partial charge in [0.25, 0.3) is 5.91 Å². The Bertz CT molecular complexity index is 591.